The SMILES string of the molecule is O=C(O)[C@H](O)[C@@H](O)C(=O)O.[Ca+2]. The van der Waals surface area contributed by atoms with Crippen molar-refractivity contribution in [2.24, 2.45) is 0 Å². The first-order chi connectivity index (χ1) is 4.46. The van der Waals surface area contributed by atoms with Gasteiger partial charge in [0.25, 0.3) is 0 Å². The van der Waals surface area contributed by atoms with E-state index < -0.39 is 24.1 Å². The van der Waals surface area contributed by atoms with Gasteiger partial charge in [0.1, 0.15) is 0 Å². The van der Waals surface area contributed by atoms with Crippen molar-refractivity contribution >= 4 is 49.7 Å². The number of hydrogen-bond donors (Lipinski definition) is 4. The molecule has 0 aliphatic rings. The molecule has 0 aliphatic heterocycles. The summed E-state index contributed by atoms with van der Waals surface area (Å²) in [6, 6.07) is 0. The van der Waals surface area contributed by atoms with Crippen LogP contribution < -0.4 is 0 Å². The Morgan fingerprint density at radius 3 is 1.18 bits per heavy atom. The van der Waals surface area contributed by atoms with Crippen LogP contribution in [0.4, 0.5) is 0 Å². The molecule has 7 heteroatoms. The normalized spacial score (nSPS) is 14.4. The number of aliphatic hydroxyl groups excluding tert-OH is 2. The van der Waals surface area contributed by atoms with E-state index in [1.54, 1.807) is 0 Å². The first-order valence-corrected chi connectivity index (χ1v) is 2.28. The van der Waals surface area contributed by atoms with Crippen LogP contribution in [0.3, 0.4) is 0 Å². The molecule has 4 N–H and O–H groups in total. The molecule has 11 heavy (non-hydrogen) atoms. The summed E-state index contributed by atoms with van der Waals surface area (Å²) in [6.07, 6.45) is -4.53. The minimum atomic E-state index is -2.27. The Balaban J connectivity index is 0. The van der Waals surface area contributed by atoms with Gasteiger partial charge >= 0.3 is 49.7 Å². The molecule has 0 unspecified atom stereocenters. The standard InChI is InChI=1S/C4H6O6.Ca/c5-1(3(7)8)2(6)4(9)10;/h1-2,5-6H,(H,7,8)(H,9,10);/q;+2/t1-,2-;/m1./s1. The molecule has 0 heterocycles. The minimum Gasteiger partial charge on any atom is -0.479 e. The summed E-state index contributed by atoms with van der Waals surface area (Å²) in [4.78, 5) is 19.5. The van der Waals surface area contributed by atoms with Gasteiger partial charge in [-0.05, 0) is 0 Å². The monoisotopic (exact) mass is 190 g/mol. The molecule has 0 saturated carbocycles. The first-order valence-electron chi connectivity index (χ1n) is 2.28. The molecule has 0 rings (SSSR count). The van der Waals surface area contributed by atoms with Gasteiger partial charge in [0.15, 0.2) is 12.2 Å². The Bertz CT molecular complexity index is 139. The zero-order valence-electron chi connectivity index (χ0n) is 5.47. The molecule has 0 amide bonds. The van der Waals surface area contributed by atoms with Gasteiger partial charge in [-0.1, -0.05) is 0 Å². The number of aliphatic carboxylic acids is 2. The van der Waals surface area contributed by atoms with Gasteiger partial charge in [-0.15, -0.1) is 0 Å². The molecule has 0 bridgehead atoms. The average Bonchev–Trinajstić information content (AvgIpc) is 1.84. The van der Waals surface area contributed by atoms with Crippen LogP contribution in [0, 0.1) is 0 Å². The average molecular weight is 190 g/mol. The minimum absolute atomic E-state index is 0. The third-order valence-electron chi connectivity index (χ3n) is 0.805. The summed E-state index contributed by atoms with van der Waals surface area (Å²) in [5, 5.41) is 32.5. The van der Waals surface area contributed by atoms with E-state index in [2.05, 4.69) is 0 Å². The summed E-state index contributed by atoms with van der Waals surface area (Å²) in [6.45, 7) is 0. The quantitative estimate of drug-likeness (QED) is 0.365. The number of aliphatic hydroxyl groups is 2. The van der Waals surface area contributed by atoms with Crippen LogP contribution >= 0.6 is 0 Å². The van der Waals surface area contributed by atoms with E-state index in [9.17, 15) is 9.59 Å². The molecule has 6 nitrogen and oxygen atoms in total. The van der Waals surface area contributed by atoms with Crippen molar-refractivity contribution in [2.45, 2.75) is 12.2 Å². The predicted molar refractivity (Wildman–Crippen MR) is 33.0 cm³/mol. The van der Waals surface area contributed by atoms with E-state index in [-0.39, 0.29) is 37.7 Å². The molecule has 0 aromatic rings. The van der Waals surface area contributed by atoms with E-state index in [4.69, 9.17) is 20.4 Å². The van der Waals surface area contributed by atoms with Gasteiger partial charge in [0, 0.05) is 0 Å². The Hall–Kier alpha value is 0.120. The second-order valence-electron chi connectivity index (χ2n) is 1.57. The van der Waals surface area contributed by atoms with Gasteiger partial charge in [-0.3, -0.25) is 0 Å². The number of carboxylic acids is 2. The molecule has 0 aromatic carbocycles. The Kier molecular flexibility index (Phi) is 7.13. The first kappa shape index (κ1) is 13.7. The van der Waals surface area contributed by atoms with Gasteiger partial charge in [-0.25, -0.2) is 9.59 Å². The van der Waals surface area contributed by atoms with Crippen LogP contribution in [0.5, 0.6) is 0 Å². The fourth-order valence-electron chi connectivity index (χ4n) is 0.270. The molecule has 0 spiro atoms. The predicted octanol–water partition coefficient (Wildman–Crippen LogP) is -2.50. The molecule has 0 aromatic heterocycles. The summed E-state index contributed by atoms with van der Waals surface area (Å²) in [5.41, 5.74) is 0. The van der Waals surface area contributed by atoms with Crippen molar-refractivity contribution in [3.05, 3.63) is 0 Å². The second-order valence-corrected chi connectivity index (χ2v) is 1.57. The topological polar surface area (TPSA) is 115 Å². The Morgan fingerprint density at radius 1 is 0.909 bits per heavy atom. The van der Waals surface area contributed by atoms with Gasteiger partial charge < -0.3 is 20.4 Å². The fraction of sp³-hybridized carbons (Fsp3) is 0.500. The second kappa shape index (κ2) is 5.73. The van der Waals surface area contributed by atoms with Crippen molar-refractivity contribution in [1.29, 1.82) is 0 Å². The third kappa shape index (κ3) is 4.54. The van der Waals surface area contributed by atoms with E-state index >= 15 is 0 Å². The summed E-state index contributed by atoms with van der Waals surface area (Å²) in [5.74, 6) is -3.54. The molecule has 0 fully saturated rings. The van der Waals surface area contributed by atoms with E-state index in [1.807, 2.05) is 0 Å². The largest absolute Gasteiger partial charge is 2.00 e. The molecular formula is C4H6CaO6+2. The van der Waals surface area contributed by atoms with Crippen LogP contribution in [-0.4, -0.2) is 82.3 Å². The van der Waals surface area contributed by atoms with Crippen molar-refractivity contribution < 1.29 is 30.0 Å². The van der Waals surface area contributed by atoms with Crippen LogP contribution in [-0.2, 0) is 9.59 Å². The smallest absolute Gasteiger partial charge is 0.479 e. The van der Waals surface area contributed by atoms with E-state index in [0.29, 0.717) is 0 Å². The zero-order chi connectivity index (χ0) is 8.31. The number of carboxylic acid groups (broad SMARTS) is 2. The van der Waals surface area contributed by atoms with Crippen LogP contribution in [0.15, 0.2) is 0 Å². The maximum absolute atomic E-state index is 9.77. The summed E-state index contributed by atoms with van der Waals surface area (Å²) in [7, 11) is 0. The van der Waals surface area contributed by atoms with Crippen molar-refractivity contribution in [2.75, 3.05) is 0 Å². The number of hydrogen-bond acceptors (Lipinski definition) is 4. The van der Waals surface area contributed by atoms with Gasteiger partial charge in [0.2, 0.25) is 0 Å². The summed E-state index contributed by atoms with van der Waals surface area (Å²) < 4.78 is 0. The molecule has 0 radical (unpaired) electrons. The zero-order valence-corrected chi connectivity index (χ0v) is 7.68. The Morgan fingerprint density at radius 2 is 1.09 bits per heavy atom. The summed E-state index contributed by atoms with van der Waals surface area (Å²) >= 11 is 0. The molecule has 0 saturated heterocycles. The van der Waals surface area contributed by atoms with Crippen LogP contribution in [0.25, 0.3) is 0 Å². The maximum atomic E-state index is 9.77. The van der Waals surface area contributed by atoms with Crippen molar-refractivity contribution in [1.82, 2.24) is 0 Å². The fourth-order valence-corrected chi connectivity index (χ4v) is 0.270. The Labute approximate surface area is 91.4 Å². The van der Waals surface area contributed by atoms with E-state index in [0.717, 1.165) is 0 Å². The maximum Gasteiger partial charge on any atom is 2.00 e. The van der Waals surface area contributed by atoms with Crippen molar-refractivity contribution in [3.8, 4) is 0 Å². The third-order valence-corrected chi connectivity index (χ3v) is 0.805. The van der Waals surface area contributed by atoms with Crippen LogP contribution in [0.2, 0.25) is 0 Å². The van der Waals surface area contributed by atoms with Crippen LogP contribution in [0.1, 0.15) is 0 Å². The molecule has 0 aliphatic carbocycles. The van der Waals surface area contributed by atoms with E-state index in [1.165, 1.54) is 0 Å². The number of carbonyl (C=O) groups is 2. The molecule has 58 valence electrons. The molecular weight excluding hydrogens is 184 g/mol. The number of rotatable bonds is 3. The molecule has 2 atom stereocenters. The van der Waals surface area contributed by atoms with Gasteiger partial charge in [0.05, 0.1) is 0 Å². The van der Waals surface area contributed by atoms with Crippen molar-refractivity contribution in [3.63, 3.8) is 0 Å². The van der Waals surface area contributed by atoms with Gasteiger partial charge in [-0.2, -0.15) is 0 Å².